The standard InChI is InChI=1S/C14H23NO3/c1-5-6-12(17-3)14(15)11-8-7-10(16-2)9-13(11)18-4/h7-9,12,14H,5-6,15H2,1-4H3. The van der Waals surface area contributed by atoms with Crippen LogP contribution in [-0.2, 0) is 4.74 Å². The molecule has 0 aromatic heterocycles. The highest BCUT2D eigenvalue weighted by Gasteiger charge is 2.21. The van der Waals surface area contributed by atoms with Gasteiger partial charge in [0, 0.05) is 18.7 Å². The lowest BCUT2D eigenvalue weighted by Crippen LogP contribution is -2.28. The molecule has 0 aliphatic rings. The largest absolute Gasteiger partial charge is 0.497 e. The van der Waals surface area contributed by atoms with Crippen LogP contribution in [0.25, 0.3) is 0 Å². The molecule has 102 valence electrons. The number of methoxy groups -OCH3 is 3. The first kappa shape index (κ1) is 14.8. The van der Waals surface area contributed by atoms with Crippen LogP contribution in [0.2, 0.25) is 0 Å². The number of benzene rings is 1. The highest BCUT2D eigenvalue weighted by molar-refractivity contribution is 5.42. The van der Waals surface area contributed by atoms with E-state index in [0.717, 1.165) is 29.9 Å². The summed E-state index contributed by atoms with van der Waals surface area (Å²) in [5.41, 5.74) is 7.20. The van der Waals surface area contributed by atoms with Crippen molar-refractivity contribution >= 4 is 0 Å². The molecule has 0 radical (unpaired) electrons. The summed E-state index contributed by atoms with van der Waals surface area (Å²) in [5, 5.41) is 0. The predicted molar refractivity (Wildman–Crippen MR) is 72.2 cm³/mol. The zero-order valence-electron chi connectivity index (χ0n) is 11.6. The van der Waals surface area contributed by atoms with Crippen LogP contribution < -0.4 is 15.2 Å². The van der Waals surface area contributed by atoms with Crippen LogP contribution in [0.1, 0.15) is 31.4 Å². The average Bonchev–Trinajstić information content (AvgIpc) is 2.43. The van der Waals surface area contributed by atoms with Gasteiger partial charge < -0.3 is 19.9 Å². The Balaban J connectivity index is 2.99. The molecule has 2 unspecified atom stereocenters. The van der Waals surface area contributed by atoms with Gasteiger partial charge in [-0.15, -0.1) is 0 Å². The first-order valence-electron chi connectivity index (χ1n) is 6.18. The lowest BCUT2D eigenvalue weighted by molar-refractivity contribution is 0.0718. The van der Waals surface area contributed by atoms with E-state index in [2.05, 4.69) is 6.92 Å². The molecular formula is C14H23NO3. The van der Waals surface area contributed by atoms with Gasteiger partial charge >= 0.3 is 0 Å². The minimum Gasteiger partial charge on any atom is -0.497 e. The van der Waals surface area contributed by atoms with E-state index in [-0.39, 0.29) is 12.1 Å². The molecule has 0 saturated heterocycles. The third kappa shape index (κ3) is 3.37. The average molecular weight is 253 g/mol. The molecule has 0 spiro atoms. The summed E-state index contributed by atoms with van der Waals surface area (Å²) in [6.07, 6.45) is 1.95. The second-order valence-corrected chi connectivity index (χ2v) is 4.20. The first-order valence-corrected chi connectivity index (χ1v) is 6.18. The quantitative estimate of drug-likeness (QED) is 0.811. The fourth-order valence-corrected chi connectivity index (χ4v) is 2.02. The van der Waals surface area contributed by atoms with Gasteiger partial charge in [0.15, 0.2) is 0 Å². The van der Waals surface area contributed by atoms with Gasteiger partial charge in [-0.2, -0.15) is 0 Å². The minimum atomic E-state index is -0.198. The fourth-order valence-electron chi connectivity index (χ4n) is 2.02. The van der Waals surface area contributed by atoms with Crippen molar-refractivity contribution in [2.45, 2.75) is 31.9 Å². The number of ether oxygens (including phenoxy) is 3. The monoisotopic (exact) mass is 253 g/mol. The number of nitrogens with two attached hydrogens (primary N) is 1. The molecule has 18 heavy (non-hydrogen) atoms. The van der Waals surface area contributed by atoms with Gasteiger partial charge in [-0.05, 0) is 18.6 Å². The molecule has 1 aromatic rings. The topological polar surface area (TPSA) is 53.7 Å². The van der Waals surface area contributed by atoms with E-state index in [1.54, 1.807) is 21.3 Å². The van der Waals surface area contributed by atoms with Crippen molar-refractivity contribution in [1.82, 2.24) is 0 Å². The second kappa shape index (κ2) is 7.24. The summed E-state index contributed by atoms with van der Waals surface area (Å²) >= 11 is 0. The van der Waals surface area contributed by atoms with Crippen molar-refractivity contribution < 1.29 is 14.2 Å². The fraction of sp³-hybridized carbons (Fsp3) is 0.571. The van der Waals surface area contributed by atoms with Crippen LogP contribution >= 0.6 is 0 Å². The SMILES string of the molecule is CCCC(OC)C(N)c1ccc(OC)cc1OC. The molecule has 1 rings (SSSR count). The molecule has 0 aliphatic carbocycles. The van der Waals surface area contributed by atoms with Crippen LogP contribution in [0.3, 0.4) is 0 Å². The van der Waals surface area contributed by atoms with Crippen LogP contribution in [0, 0.1) is 0 Å². The minimum absolute atomic E-state index is 0.00250. The van der Waals surface area contributed by atoms with Gasteiger partial charge in [0.1, 0.15) is 11.5 Å². The number of rotatable bonds is 7. The van der Waals surface area contributed by atoms with Crippen molar-refractivity contribution in [3.8, 4) is 11.5 Å². The lowest BCUT2D eigenvalue weighted by Gasteiger charge is -2.24. The van der Waals surface area contributed by atoms with Crippen molar-refractivity contribution in [1.29, 1.82) is 0 Å². The lowest BCUT2D eigenvalue weighted by atomic mass is 9.98. The van der Waals surface area contributed by atoms with Crippen molar-refractivity contribution in [2.24, 2.45) is 5.73 Å². The number of hydrogen-bond acceptors (Lipinski definition) is 4. The summed E-state index contributed by atoms with van der Waals surface area (Å²) in [7, 11) is 4.95. The van der Waals surface area contributed by atoms with E-state index in [1.165, 1.54) is 0 Å². The Morgan fingerprint density at radius 3 is 2.39 bits per heavy atom. The summed E-state index contributed by atoms with van der Waals surface area (Å²) in [6.45, 7) is 2.12. The second-order valence-electron chi connectivity index (χ2n) is 4.20. The van der Waals surface area contributed by atoms with Crippen molar-refractivity contribution in [3.05, 3.63) is 23.8 Å². The third-order valence-electron chi connectivity index (χ3n) is 3.08. The molecular weight excluding hydrogens is 230 g/mol. The van der Waals surface area contributed by atoms with Crippen molar-refractivity contribution in [2.75, 3.05) is 21.3 Å². The normalized spacial score (nSPS) is 14.1. The molecule has 4 nitrogen and oxygen atoms in total. The highest BCUT2D eigenvalue weighted by atomic mass is 16.5. The summed E-state index contributed by atoms with van der Waals surface area (Å²) in [4.78, 5) is 0. The van der Waals surface area contributed by atoms with Gasteiger partial charge in [-0.1, -0.05) is 13.3 Å². The molecule has 0 heterocycles. The Hall–Kier alpha value is -1.26. The van der Waals surface area contributed by atoms with Gasteiger partial charge in [0.2, 0.25) is 0 Å². The highest BCUT2D eigenvalue weighted by Crippen LogP contribution is 2.31. The Morgan fingerprint density at radius 1 is 1.17 bits per heavy atom. The maximum Gasteiger partial charge on any atom is 0.127 e. The maximum atomic E-state index is 6.26. The molecule has 2 atom stereocenters. The van der Waals surface area contributed by atoms with Crippen molar-refractivity contribution in [3.63, 3.8) is 0 Å². The smallest absolute Gasteiger partial charge is 0.127 e. The molecule has 0 aliphatic heterocycles. The van der Waals surface area contributed by atoms with Gasteiger partial charge in [0.25, 0.3) is 0 Å². The Labute approximate surface area is 109 Å². The van der Waals surface area contributed by atoms with E-state index in [1.807, 2.05) is 18.2 Å². The van der Waals surface area contributed by atoms with Crippen LogP contribution in [0.15, 0.2) is 18.2 Å². The third-order valence-corrected chi connectivity index (χ3v) is 3.08. The number of hydrogen-bond donors (Lipinski definition) is 1. The van der Waals surface area contributed by atoms with E-state index < -0.39 is 0 Å². The van der Waals surface area contributed by atoms with E-state index in [4.69, 9.17) is 19.9 Å². The molecule has 0 saturated carbocycles. The predicted octanol–water partition coefficient (Wildman–Crippen LogP) is 2.52. The molecule has 2 N–H and O–H groups in total. The first-order chi connectivity index (χ1) is 8.67. The van der Waals surface area contributed by atoms with E-state index in [0.29, 0.717) is 0 Å². The summed E-state index contributed by atoms with van der Waals surface area (Å²) < 4.78 is 16.0. The van der Waals surface area contributed by atoms with Gasteiger partial charge in [-0.3, -0.25) is 0 Å². The zero-order valence-corrected chi connectivity index (χ0v) is 11.6. The maximum absolute atomic E-state index is 6.26. The summed E-state index contributed by atoms with van der Waals surface area (Å²) in [6, 6.07) is 5.46. The van der Waals surface area contributed by atoms with Crippen LogP contribution in [-0.4, -0.2) is 27.4 Å². The molecule has 0 fully saturated rings. The molecule has 0 bridgehead atoms. The molecule has 4 heteroatoms. The summed E-state index contributed by atoms with van der Waals surface area (Å²) in [5.74, 6) is 1.49. The van der Waals surface area contributed by atoms with Gasteiger partial charge in [-0.25, -0.2) is 0 Å². The van der Waals surface area contributed by atoms with Crippen LogP contribution in [0.5, 0.6) is 11.5 Å². The zero-order chi connectivity index (χ0) is 13.5. The van der Waals surface area contributed by atoms with Gasteiger partial charge in [0.05, 0.1) is 26.4 Å². The Kier molecular flexibility index (Phi) is 5.95. The van der Waals surface area contributed by atoms with Crippen LogP contribution in [0.4, 0.5) is 0 Å². The van der Waals surface area contributed by atoms with E-state index in [9.17, 15) is 0 Å². The van der Waals surface area contributed by atoms with E-state index >= 15 is 0 Å². The molecule has 0 amide bonds. The Morgan fingerprint density at radius 2 is 1.89 bits per heavy atom. The Bertz CT molecular complexity index is 368. The molecule has 1 aromatic carbocycles.